The van der Waals surface area contributed by atoms with Gasteiger partial charge in [-0.15, -0.1) is 0 Å². The van der Waals surface area contributed by atoms with Gasteiger partial charge in [0.05, 0.1) is 12.7 Å². The van der Waals surface area contributed by atoms with Crippen LogP contribution in [0.15, 0.2) is 24.3 Å². The topological polar surface area (TPSA) is 35.5 Å². The third-order valence-corrected chi connectivity index (χ3v) is 4.26. The standard InChI is InChI=1S/C15H18O3/c1-17-13-6-4-11(5-7-13)15(16)18-14-9-10-2-3-12(14)8-10/h4-7,10,12,14H,2-3,8-9H2,1H3/t10-,12+,14+/m1/s1. The summed E-state index contributed by atoms with van der Waals surface area (Å²) in [6.45, 7) is 0. The molecule has 3 atom stereocenters. The van der Waals surface area contributed by atoms with Gasteiger partial charge >= 0.3 is 5.97 Å². The Bertz CT molecular complexity index is 438. The highest BCUT2D eigenvalue weighted by atomic mass is 16.5. The summed E-state index contributed by atoms with van der Waals surface area (Å²) < 4.78 is 10.7. The number of carbonyl (C=O) groups is 1. The summed E-state index contributed by atoms with van der Waals surface area (Å²) in [7, 11) is 1.61. The molecule has 3 nitrogen and oxygen atoms in total. The van der Waals surface area contributed by atoms with Gasteiger partial charge in [-0.2, -0.15) is 0 Å². The molecule has 0 spiro atoms. The van der Waals surface area contributed by atoms with Crippen LogP contribution < -0.4 is 4.74 Å². The van der Waals surface area contributed by atoms with Crippen molar-refractivity contribution in [3.8, 4) is 5.75 Å². The Labute approximate surface area is 107 Å². The molecule has 0 saturated heterocycles. The van der Waals surface area contributed by atoms with Gasteiger partial charge < -0.3 is 9.47 Å². The van der Waals surface area contributed by atoms with Gasteiger partial charge in [0.1, 0.15) is 11.9 Å². The van der Waals surface area contributed by atoms with Crippen LogP contribution in [0.1, 0.15) is 36.0 Å². The number of carbonyl (C=O) groups excluding carboxylic acids is 1. The minimum absolute atomic E-state index is 0.151. The first kappa shape index (κ1) is 11.6. The number of esters is 1. The molecule has 1 aromatic carbocycles. The lowest BCUT2D eigenvalue weighted by molar-refractivity contribution is 0.0158. The van der Waals surface area contributed by atoms with Crippen molar-refractivity contribution < 1.29 is 14.3 Å². The second-order valence-electron chi connectivity index (χ2n) is 5.35. The summed E-state index contributed by atoms with van der Waals surface area (Å²) in [5, 5.41) is 0. The number of fused-ring (bicyclic) bond motifs is 2. The Morgan fingerprint density at radius 3 is 2.50 bits per heavy atom. The lowest BCUT2D eigenvalue weighted by atomic mass is 9.98. The van der Waals surface area contributed by atoms with Gasteiger partial charge in [-0.3, -0.25) is 0 Å². The first-order valence-electron chi connectivity index (χ1n) is 6.61. The van der Waals surface area contributed by atoms with Crippen molar-refractivity contribution in [1.29, 1.82) is 0 Å². The van der Waals surface area contributed by atoms with Crippen molar-refractivity contribution >= 4 is 5.97 Å². The molecule has 0 N–H and O–H groups in total. The zero-order valence-electron chi connectivity index (χ0n) is 10.6. The van der Waals surface area contributed by atoms with E-state index in [2.05, 4.69) is 0 Å². The fraction of sp³-hybridized carbons (Fsp3) is 0.533. The van der Waals surface area contributed by atoms with Crippen LogP contribution in [0.4, 0.5) is 0 Å². The lowest BCUT2D eigenvalue weighted by Crippen LogP contribution is -2.24. The van der Waals surface area contributed by atoms with E-state index in [4.69, 9.17) is 9.47 Å². The normalized spacial score (nSPS) is 29.3. The van der Waals surface area contributed by atoms with Crippen LogP contribution in [0.2, 0.25) is 0 Å². The third kappa shape index (κ3) is 2.09. The Balaban J connectivity index is 1.64. The molecule has 2 aliphatic rings. The number of hydrogen-bond donors (Lipinski definition) is 0. The van der Waals surface area contributed by atoms with Gasteiger partial charge in [0, 0.05) is 0 Å². The van der Waals surface area contributed by atoms with Gasteiger partial charge in [0.15, 0.2) is 0 Å². The predicted octanol–water partition coefficient (Wildman–Crippen LogP) is 3.04. The molecule has 2 fully saturated rings. The van der Waals surface area contributed by atoms with Crippen LogP contribution in [-0.2, 0) is 4.74 Å². The van der Waals surface area contributed by atoms with Gasteiger partial charge in [0.2, 0.25) is 0 Å². The van der Waals surface area contributed by atoms with Crippen molar-refractivity contribution in [2.45, 2.75) is 31.8 Å². The Morgan fingerprint density at radius 2 is 1.94 bits per heavy atom. The summed E-state index contributed by atoms with van der Waals surface area (Å²) in [6, 6.07) is 7.09. The predicted molar refractivity (Wildman–Crippen MR) is 67.6 cm³/mol. The van der Waals surface area contributed by atoms with Crippen LogP contribution in [0.5, 0.6) is 5.75 Å². The van der Waals surface area contributed by atoms with E-state index in [0.717, 1.165) is 18.1 Å². The van der Waals surface area contributed by atoms with Gasteiger partial charge in [-0.05, 0) is 61.8 Å². The van der Waals surface area contributed by atoms with E-state index in [0.29, 0.717) is 11.5 Å². The molecule has 1 aromatic rings. The molecule has 3 rings (SSSR count). The molecule has 0 aliphatic heterocycles. The summed E-state index contributed by atoms with van der Waals surface area (Å²) in [6.07, 6.45) is 5.01. The molecule has 0 aromatic heterocycles. The smallest absolute Gasteiger partial charge is 0.338 e. The fourth-order valence-electron chi connectivity index (χ4n) is 3.26. The second-order valence-corrected chi connectivity index (χ2v) is 5.35. The molecule has 96 valence electrons. The Kier molecular flexibility index (Phi) is 2.98. The molecule has 18 heavy (non-hydrogen) atoms. The van der Waals surface area contributed by atoms with Crippen molar-refractivity contribution in [3.63, 3.8) is 0 Å². The molecule has 0 heterocycles. The average molecular weight is 246 g/mol. The minimum Gasteiger partial charge on any atom is -0.497 e. The van der Waals surface area contributed by atoms with E-state index >= 15 is 0 Å². The maximum Gasteiger partial charge on any atom is 0.338 e. The molecule has 3 heteroatoms. The molecule has 2 saturated carbocycles. The third-order valence-electron chi connectivity index (χ3n) is 4.26. The van der Waals surface area contributed by atoms with Crippen LogP contribution in [0, 0.1) is 11.8 Å². The monoisotopic (exact) mass is 246 g/mol. The number of ether oxygens (including phenoxy) is 2. The lowest BCUT2D eigenvalue weighted by Gasteiger charge is -2.21. The van der Waals surface area contributed by atoms with E-state index in [1.165, 1.54) is 19.3 Å². The number of hydrogen-bond acceptors (Lipinski definition) is 3. The second kappa shape index (κ2) is 4.63. The van der Waals surface area contributed by atoms with E-state index in [1.54, 1.807) is 31.4 Å². The summed E-state index contributed by atoms with van der Waals surface area (Å²) in [4.78, 5) is 12.0. The van der Waals surface area contributed by atoms with Crippen LogP contribution in [0.3, 0.4) is 0 Å². The van der Waals surface area contributed by atoms with Crippen molar-refractivity contribution in [3.05, 3.63) is 29.8 Å². The maximum atomic E-state index is 12.0. The van der Waals surface area contributed by atoms with Crippen molar-refractivity contribution in [1.82, 2.24) is 0 Å². The fourth-order valence-corrected chi connectivity index (χ4v) is 3.26. The minimum atomic E-state index is -0.199. The van der Waals surface area contributed by atoms with E-state index in [9.17, 15) is 4.79 Å². The first-order valence-corrected chi connectivity index (χ1v) is 6.61. The number of rotatable bonds is 3. The van der Waals surface area contributed by atoms with Crippen molar-refractivity contribution in [2.24, 2.45) is 11.8 Å². The van der Waals surface area contributed by atoms with Gasteiger partial charge in [-0.25, -0.2) is 4.79 Å². The van der Waals surface area contributed by atoms with Crippen LogP contribution in [0.25, 0.3) is 0 Å². The molecular weight excluding hydrogens is 228 g/mol. The molecule has 2 aliphatic carbocycles. The highest BCUT2D eigenvalue weighted by Gasteiger charge is 2.41. The average Bonchev–Trinajstić information content (AvgIpc) is 3.01. The van der Waals surface area contributed by atoms with Gasteiger partial charge in [-0.1, -0.05) is 0 Å². The maximum absolute atomic E-state index is 12.0. The van der Waals surface area contributed by atoms with E-state index in [-0.39, 0.29) is 12.1 Å². The largest absolute Gasteiger partial charge is 0.497 e. The summed E-state index contributed by atoms with van der Waals surface area (Å²) in [5.41, 5.74) is 0.610. The Hall–Kier alpha value is -1.51. The molecular formula is C15H18O3. The molecule has 0 radical (unpaired) electrons. The van der Waals surface area contributed by atoms with E-state index in [1.807, 2.05) is 0 Å². The van der Waals surface area contributed by atoms with Crippen molar-refractivity contribution in [2.75, 3.05) is 7.11 Å². The molecule has 0 amide bonds. The Morgan fingerprint density at radius 1 is 1.17 bits per heavy atom. The number of methoxy groups -OCH3 is 1. The number of benzene rings is 1. The zero-order valence-corrected chi connectivity index (χ0v) is 10.6. The highest BCUT2D eigenvalue weighted by molar-refractivity contribution is 5.89. The molecule has 0 unspecified atom stereocenters. The van der Waals surface area contributed by atoms with Gasteiger partial charge in [0.25, 0.3) is 0 Å². The zero-order chi connectivity index (χ0) is 12.5. The van der Waals surface area contributed by atoms with Crippen LogP contribution in [-0.4, -0.2) is 19.2 Å². The first-order chi connectivity index (χ1) is 8.76. The highest BCUT2D eigenvalue weighted by Crippen LogP contribution is 2.46. The summed E-state index contributed by atoms with van der Waals surface area (Å²) in [5.74, 6) is 1.96. The van der Waals surface area contributed by atoms with E-state index < -0.39 is 0 Å². The quantitative estimate of drug-likeness (QED) is 0.769. The summed E-state index contributed by atoms with van der Waals surface area (Å²) >= 11 is 0. The SMILES string of the molecule is COc1ccc(C(=O)O[C@H]2C[C@@H]3CC[C@H]2C3)cc1. The molecule has 2 bridgehead atoms. The van der Waals surface area contributed by atoms with Crippen LogP contribution >= 0.6 is 0 Å².